The highest BCUT2D eigenvalue weighted by Crippen LogP contribution is 2.32. The molecular weight excluding hydrogens is 192 g/mol. The number of hydrogen-bond donors (Lipinski definition) is 4. The van der Waals surface area contributed by atoms with Crippen molar-refractivity contribution in [3.8, 4) is 0 Å². The van der Waals surface area contributed by atoms with Crippen molar-refractivity contribution in [2.45, 2.75) is 43.2 Å². The molecule has 2 aliphatic rings. The summed E-state index contributed by atoms with van der Waals surface area (Å²) in [6.07, 6.45) is -4.98. The molecule has 6 heteroatoms. The molecule has 0 aromatic rings. The summed E-state index contributed by atoms with van der Waals surface area (Å²) in [4.78, 5) is 0. The van der Waals surface area contributed by atoms with Gasteiger partial charge in [-0.15, -0.1) is 0 Å². The monoisotopic (exact) mass is 206 g/mol. The molecule has 0 aliphatic carbocycles. The van der Waals surface area contributed by atoms with Crippen molar-refractivity contribution in [2.24, 2.45) is 0 Å². The van der Waals surface area contributed by atoms with E-state index >= 15 is 0 Å². The van der Waals surface area contributed by atoms with Gasteiger partial charge in [0.25, 0.3) is 0 Å². The van der Waals surface area contributed by atoms with Crippen molar-refractivity contribution >= 4 is 0 Å². The summed E-state index contributed by atoms with van der Waals surface area (Å²) in [5, 5.41) is 37.1. The second-order valence-electron chi connectivity index (χ2n) is 3.67. The summed E-state index contributed by atoms with van der Waals surface area (Å²) in [6.45, 7) is -0.364. The summed E-state index contributed by atoms with van der Waals surface area (Å²) in [7, 11) is 0. The van der Waals surface area contributed by atoms with Gasteiger partial charge >= 0.3 is 0 Å². The van der Waals surface area contributed by atoms with E-state index in [4.69, 9.17) is 19.7 Å². The maximum Gasteiger partial charge on any atom is 0.157 e. The van der Waals surface area contributed by atoms with Crippen molar-refractivity contribution < 1.29 is 29.9 Å². The van der Waals surface area contributed by atoms with Crippen LogP contribution in [-0.4, -0.2) is 63.8 Å². The number of aliphatic hydroxyl groups excluding tert-OH is 4. The summed E-state index contributed by atoms with van der Waals surface area (Å²) >= 11 is 0. The Labute approximate surface area is 80.7 Å². The van der Waals surface area contributed by atoms with Crippen LogP contribution in [0.1, 0.15) is 6.42 Å². The fourth-order valence-corrected chi connectivity index (χ4v) is 1.96. The van der Waals surface area contributed by atoms with Gasteiger partial charge in [-0.2, -0.15) is 0 Å². The molecule has 0 amide bonds. The molecule has 2 saturated heterocycles. The van der Waals surface area contributed by atoms with Gasteiger partial charge in [0.2, 0.25) is 0 Å². The molecule has 6 atom stereocenters. The summed E-state index contributed by atoms with van der Waals surface area (Å²) < 4.78 is 10.2. The van der Waals surface area contributed by atoms with E-state index in [1.807, 2.05) is 0 Å². The Morgan fingerprint density at radius 2 is 1.79 bits per heavy atom. The maximum atomic E-state index is 9.59. The first-order valence-electron chi connectivity index (χ1n) is 4.59. The van der Waals surface area contributed by atoms with Crippen LogP contribution in [0, 0.1) is 0 Å². The molecule has 0 aromatic carbocycles. The van der Waals surface area contributed by atoms with Gasteiger partial charge < -0.3 is 29.9 Å². The first-order valence-corrected chi connectivity index (χ1v) is 4.59. The molecule has 0 saturated carbocycles. The molecule has 0 radical (unpaired) electrons. The SMILES string of the molecule is OC[C@H]1O[C@@H]2CC(O)O[C@@H]2[C@@H](O)C1O. The number of fused-ring (bicyclic) bond motifs is 1. The van der Waals surface area contributed by atoms with Crippen LogP contribution in [0.25, 0.3) is 0 Å². The van der Waals surface area contributed by atoms with Crippen LogP contribution in [0.2, 0.25) is 0 Å². The molecule has 2 rings (SSSR count). The predicted molar refractivity (Wildman–Crippen MR) is 43.3 cm³/mol. The topological polar surface area (TPSA) is 99.4 Å². The smallest absolute Gasteiger partial charge is 0.157 e. The van der Waals surface area contributed by atoms with E-state index in [0.717, 1.165) is 0 Å². The lowest BCUT2D eigenvalue weighted by Crippen LogP contribution is -2.57. The minimum atomic E-state index is -1.17. The maximum absolute atomic E-state index is 9.59. The lowest BCUT2D eigenvalue weighted by molar-refractivity contribution is -0.226. The molecule has 0 aromatic heterocycles. The minimum absolute atomic E-state index is 0.255. The van der Waals surface area contributed by atoms with E-state index in [-0.39, 0.29) is 13.0 Å². The van der Waals surface area contributed by atoms with Crippen LogP contribution >= 0.6 is 0 Å². The van der Waals surface area contributed by atoms with Crippen LogP contribution in [0.3, 0.4) is 0 Å². The molecule has 2 fully saturated rings. The average molecular weight is 206 g/mol. The normalized spacial score (nSPS) is 53.1. The van der Waals surface area contributed by atoms with E-state index in [1.165, 1.54) is 0 Å². The van der Waals surface area contributed by atoms with Gasteiger partial charge in [-0.1, -0.05) is 0 Å². The van der Waals surface area contributed by atoms with Gasteiger partial charge in [0.1, 0.15) is 24.4 Å². The number of ether oxygens (including phenoxy) is 2. The third-order valence-electron chi connectivity index (χ3n) is 2.71. The number of aliphatic hydroxyl groups is 4. The van der Waals surface area contributed by atoms with Gasteiger partial charge in [-0.25, -0.2) is 0 Å². The average Bonchev–Trinajstić information content (AvgIpc) is 2.52. The van der Waals surface area contributed by atoms with Crippen LogP contribution in [0.15, 0.2) is 0 Å². The Kier molecular flexibility index (Phi) is 2.74. The van der Waals surface area contributed by atoms with Crippen molar-refractivity contribution in [3.63, 3.8) is 0 Å². The fourth-order valence-electron chi connectivity index (χ4n) is 1.96. The highest BCUT2D eigenvalue weighted by molar-refractivity contribution is 4.96. The summed E-state index contributed by atoms with van der Waals surface area (Å²) in [5.41, 5.74) is 0. The molecule has 2 heterocycles. The number of hydrogen-bond acceptors (Lipinski definition) is 6. The summed E-state index contributed by atoms with van der Waals surface area (Å²) in [6, 6.07) is 0. The molecule has 4 N–H and O–H groups in total. The first kappa shape index (κ1) is 10.3. The molecule has 0 bridgehead atoms. The molecule has 6 nitrogen and oxygen atoms in total. The Hall–Kier alpha value is -0.240. The molecule has 0 spiro atoms. The van der Waals surface area contributed by atoms with Crippen molar-refractivity contribution in [1.29, 1.82) is 0 Å². The van der Waals surface area contributed by atoms with Crippen molar-refractivity contribution in [2.75, 3.05) is 6.61 Å². The van der Waals surface area contributed by atoms with E-state index in [2.05, 4.69) is 0 Å². The van der Waals surface area contributed by atoms with E-state index in [1.54, 1.807) is 0 Å². The highest BCUT2D eigenvalue weighted by Gasteiger charge is 2.49. The lowest BCUT2D eigenvalue weighted by atomic mass is 9.95. The molecule has 2 aliphatic heterocycles. The standard InChI is InChI=1S/C8H14O6/c9-2-4-6(11)7(12)8-3(13-4)1-5(10)14-8/h3-12H,1-2H2/t3-,4-,5?,6?,7+,8+/m1/s1. The van der Waals surface area contributed by atoms with Gasteiger partial charge in [0.05, 0.1) is 12.7 Å². The van der Waals surface area contributed by atoms with Gasteiger partial charge in [-0.3, -0.25) is 0 Å². The van der Waals surface area contributed by atoms with Crippen molar-refractivity contribution in [1.82, 2.24) is 0 Å². The first-order chi connectivity index (χ1) is 6.63. The van der Waals surface area contributed by atoms with Gasteiger partial charge in [0.15, 0.2) is 6.29 Å². The third-order valence-corrected chi connectivity index (χ3v) is 2.71. The fraction of sp³-hybridized carbons (Fsp3) is 1.00. The lowest BCUT2D eigenvalue weighted by Gasteiger charge is -2.38. The largest absolute Gasteiger partial charge is 0.394 e. The van der Waals surface area contributed by atoms with Crippen LogP contribution in [0.4, 0.5) is 0 Å². The van der Waals surface area contributed by atoms with E-state index in [9.17, 15) is 10.2 Å². The third kappa shape index (κ3) is 1.54. The molecule has 82 valence electrons. The zero-order valence-electron chi connectivity index (χ0n) is 7.48. The Morgan fingerprint density at radius 1 is 1.07 bits per heavy atom. The number of rotatable bonds is 1. The molecule has 2 unspecified atom stereocenters. The van der Waals surface area contributed by atoms with Crippen LogP contribution < -0.4 is 0 Å². The zero-order valence-corrected chi connectivity index (χ0v) is 7.48. The Bertz CT molecular complexity index is 208. The van der Waals surface area contributed by atoms with E-state index < -0.39 is 36.8 Å². The summed E-state index contributed by atoms with van der Waals surface area (Å²) in [5.74, 6) is 0. The Balaban J connectivity index is 2.09. The van der Waals surface area contributed by atoms with Gasteiger partial charge in [0, 0.05) is 6.42 Å². The van der Waals surface area contributed by atoms with Crippen LogP contribution in [-0.2, 0) is 9.47 Å². The molecular formula is C8H14O6. The predicted octanol–water partition coefficient (Wildman–Crippen LogP) is -2.42. The minimum Gasteiger partial charge on any atom is -0.394 e. The molecule has 14 heavy (non-hydrogen) atoms. The zero-order chi connectivity index (χ0) is 10.3. The van der Waals surface area contributed by atoms with E-state index in [0.29, 0.717) is 0 Å². The van der Waals surface area contributed by atoms with Crippen molar-refractivity contribution in [3.05, 3.63) is 0 Å². The second-order valence-corrected chi connectivity index (χ2v) is 3.67. The Morgan fingerprint density at radius 3 is 2.43 bits per heavy atom. The quantitative estimate of drug-likeness (QED) is 0.381. The highest BCUT2D eigenvalue weighted by atomic mass is 16.7. The second kappa shape index (κ2) is 3.73. The van der Waals surface area contributed by atoms with Crippen LogP contribution in [0.5, 0.6) is 0 Å². The van der Waals surface area contributed by atoms with Gasteiger partial charge in [-0.05, 0) is 0 Å².